The van der Waals surface area contributed by atoms with Gasteiger partial charge < -0.3 is 9.88 Å². The number of carbonyl (C=O) groups is 1. The molecule has 1 aromatic carbocycles. The van der Waals surface area contributed by atoms with E-state index >= 15 is 0 Å². The van der Waals surface area contributed by atoms with Gasteiger partial charge in [-0.3, -0.25) is 4.79 Å². The molecule has 0 aliphatic rings. The molecule has 0 bridgehead atoms. The van der Waals surface area contributed by atoms with Crippen LogP contribution < -0.4 is 5.32 Å². The van der Waals surface area contributed by atoms with E-state index in [1.54, 1.807) is 30.7 Å². The van der Waals surface area contributed by atoms with Crippen LogP contribution in [0, 0.1) is 6.92 Å². The van der Waals surface area contributed by atoms with Gasteiger partial charge in [0.05, 0.1) is 6.33 Å². The molecule has 1 aromatic heterocycles. The second-order valence-corrected chi connectivity index (χ2v) is 4.73. The van der Waals surface area contributed by atoms with Crippen LogP contribution in [0.3, 0.4) is 0 Å². The minimum absolute atomic E-state index is 0.0781. The molecule has 0 aliphatic carbocycles. The number of imidazole rings is 1. The van der Waals surface area contributed by atoms with Crippen molar-refractivity contribution in [3.05, 3.63) is 53.1 Å². The Hall–Kier alpha value is -1.81. The summed E-state index contributed by atoms with van der Waals surface area (Å²) in [6, 6.07) is 5.36. The Morgan fingerprint density at radius 3 is 3.05 bits per heavy atom. The van der Waals surface area contributed by atoms with Gasteiger partial charge in [0.25, 0.3) is 5.91 Å². The number of halogens is 1. The van der Waals surface area contributed by atoms with Crippen molar-refractivity contribution in [1.82, 2.24) is 14.9 Å². The van der Waals surface area contributed by atoms with E-state index in [1.807, 2.05) is 17.7 Å². The van der Waals surface area contributed by atoms with Crippen LogP contribution in [0.1, 0.15) is 22.3 Å². The van der Waals surface area contributed by atoms with Gasteiger partial charge >= 0.3 is 0 Å². The molecule has 2 rings (SSSR count). The lowest BCUT2D eigenvalue weighted by Gasteiger charge is -2.08. The van der Waals surface area contributed by atoms with Crippen LogP contribution >= 0.6 is 11.6 Å². The highest BCUT2D eigenvalue weighted by molar-refractivity contribution is 6.31. The molecule has 19 heavy (non-hydrogen) atoms. The van der Waals surface area contributed by atoms with Crippen molar-refractivity contribution in [3.63, 3.8) is 0 Å². The maximum Gasteiger partial charge on any atom is 0.251 e. The molecule has 0 spiro atoms. The topological polar surface area (TPSA) is 46.9 Å². The van der Waals surface area contributed by atoms with Gasteiger partial charge in [-0.2, -0.15) is 0 Å². The van der Waals surface area contributed by atoms with E-state index in [0.29, 0.717) is 17.1 Å². The van der Waals surface area contributed by atoms with Crippen molar-refractivity contribution >= 4 is 17.5 Å². The summed E-state index contributed by atoms with van der Waals surface area (Å²) >= 11 is 6.00. The number of hydrogen-bond acceptors (Lipinski definition) is 2. The molecule has 0 atom stereocenters. The molecule has 0 saturated heterocycles. The lowest BCUT2D eigenvalue weighted by atomic mass is 10.1. The van der Waals surface area contributed by atoms with Gasteiger partial charge in [0.2, 0.25) is 0 Å². The highest BCUT2D eigenvalue weighted by Crippen LogP contribution is 2.18. The molecule has 2 aromatic rings. The summed E-state index contributed by atoms with van der Waals surface area (Å²) in [6.45, 7) is 3.32. The van der Waals surface area contributed by atoms with Crippen molar-refractivity contribution in [2.75, 3.05) is 6.54 Å². The standard InChI is InChI=1S/C14H16ClN3O/c1-11-12(4-2-5-13(11)15)14(19)17-6-3-8-18-9-7-16-10-18/h2,4-5,7,9-10H,3,6,8H2,1H3,(H,17,19). The largest absolute Gasteiger partial charge is 0.352 e. The van der Waals surface area contributed by atoms with Crippen LogP contribution in [0.4, 0.5) is 0 Å². The normalized spacial score (nSPS) is 10.4. The average Bonchev–Trinajstić information content (AvgIpc) is 2.91. The zero-order chi connectivity index (χ0) is 13.7. The summed E-state index contributed by atoms with van der Waals surface area (Å²) in [5.74, 6) is -0.0781. The summed E-state index contributed by atoms with van der Waals surface area (Å²) in [4.78, 5) is 16.0. The summed E-state index contributed by atoms with van der Waals surface area (Å²) in [6.07, 6.45) is 6.28. The van der Waals surface area contributed by atoms with Crippen LogP contribution in [0.5, 0.6) is 0 Å². The van der Waals surface area contributed by atoms with Crippen molar-refractivity contribution < 1.29 is 4.79 Å². The molecule has 1 N–H and O–H groups in total. The molecular formula is C14H16ClN3O. The molecule has 0 radical (unpaired) electrons. The Bertz CT molecular complexity index is 552. The molecule has 0 fully saturated rings. The molecule has 0 aliphatic heterocycles. The summed E-state index contributed by atoms with van der Waals surface area (Å²) in [5.41, 5.74) is 1.45. The maximum absolute atomic E-state index is 12.0. The SMILES string of the molecule is Cc1c(Cl)cccc1C(=O)NCCCn1ccnc1. The van der Waals surface area contributed by atoms with E-state index in [0.717, 1.165) is 18.5 Å². The monoisotopic (exact) mass is 277 g/mol. The predicted octanol–water partition coefficient (Wildman–Crippen LogP) is 2.67. The zero-order valence-electron chi connectivity index (χ0n) is 10.8. The summed E-state index contributed by atoms with van der Waals surface area (Å²) in [5, 5.41) is 3.51. The molecule has 1 heterocycles. The van der Waals surface area contributed by atoms with E-state index in [-0.39, 0.29) is 5.91 Å². The molecule has 0 unspecified atom stereocenters. The lowest BCUT2D eigenvalue weighted by molar-refractivity contribution is 0.0952. The van der Waals surface area contributed by atoms with Gasteiger partial charge in [0.15, 0.2) is 0 Å². The molecule has 1 amide bonds. The van der Waals surface area contributed by atoms with E-state index in [9.17, 15) is 4.79 Å². The molecule has 100 valence electrons. The highest BCUT2D eigenvalue weighted by Gasteiger charge is 2.09. The number of nitrogens with one attached hydrogen (secondary N) is 1. The average molecular weight is 278 g/mol. The zero-order valence-corrected chi connectivity index (χ0v) is 11.5. The van der Waals surface area contributed by atoms with Crippen LogP contribution in [0.25, 0.3) is 0 Å². The highest BCUT2D eigenvalue weighted by atomic mass is 35.5. The van der Waals surface area contributed by atoms with Crippen LogP contribution in [0.15, 0.2) is 36.9 Å². The second-order valence-electron chi connectivity index (χ2n) is 4.32. The van der Waals surface area contributed by atoms with Crippen molar-refractivity contribution in [2.45, 2.75) is 19.9 Å². The Morgan fingerprint density at radius 1 is 1.47 bits per heavy atom. The third-order valence-corrected chi connectivity index (χ3v) is 3.36. The summed E-state index contributed by atoms with van der Waals surface area (Å²) in [7, 11) is 0. The molecule has 5 heteroatoms. The number of rotatable bonds is 5. The van der Waals surface area contributed by atoms with Crippen molar-refractivity contribution in [1.29, 1.82) is 0 Å². The van der Waals surface area contributed by atoms with Crippen molar-refractivity contribution in [2.24, 2.45) is 0 Å². The van der Waals surface area contributed by atoms with Crippen LogP contribution in [-0.4, -0.2) is 22.0 Å². The minimum atomic E-state index is -0.0781. The first-order valence-electron chi connectivity index (χ1n) is 6.17. The van der Waals surface area contributed by atoms with E-state index < -0.39 is 0 Å². The van der Waals surface area contributed by atoms with E-state index in [2.05, 4.69) is 10.3 Å². The maximum atomic E-state index is 12.0. The lowest BCUT2D eigenvalue weighted by Crippen LogP contribution is -2.25. The van der Waals surface area contributed by atoms with Crippen LogP contribution in [-0.2, 0) is 6.54 Å². The molecule has 4 nitrogen and oxygen atoms in total. The third kappa shape index (κ3) is 3.58. The Labute approximate surface area is 117 Å². The first-order valence-corrected chi connectivity index (χ1v) is 6.55. The first kappa shape index (κ1) is 13.6. The quantitative estimate of drug-likeness (QED) is 0.854. The fourth-order valence-corrected chi connectivity index (χ4v) is 2.01. The first-order chi connectivity index (χ1) is 9.18. The van der Waals surface area contributed by atoms with Gasteiger partial charge in [-0.1, -0.05) is 17.7 Å². The third-order valence-electron chi connectivity index (χ3n) is 2.95. The minimum Gasteiger partial charge on any atom is -0.352 e. The number of aryl methyl sites for hydroxylation is 1. The molecular weight excluding hydrogens is 262 g/mol. The number of benzene rings is 1. The van der Waals surface area contributed by atoms with Crippen LogP contribution in [0.2, 0.25) is 5.02 Å². The number of carbonyl (C=O) groups excluding carboxylic acids is 1. The van der Waals surface area contributed by atoms with Gasteiger partial charge in [-0.25, -0.2) is 4.98 Å². The molecule has 0 saturated carbocycles. The van der Waals surface area contributed by atoms with Gasteiger partial charge in [-0.05, 0) is 31.0 Å². The second kappa shape index (κ2) is 6.38. The number of nitrogens with zero attached hydrogens (tertiary/aromatic N) is 2. The van der Waals surface area contributed by atoms with E-state index in [1.165, 1.54) is 0 Å². The number of amides is 1. The van der Waals surface area contributed by atoms with Gasteiger partial charge in [0.1, 0.15) is 0 Å². The van der Waals surface area contributed by atoms with Crippen molar-refractivity contribution in [3.8, 4) is 0 Å². The smallest absolute Gasteiger partial charge is 0.251 e. The number of aromatic nitrogens is 2. The fraction of sp³-hybridized carbons (Fsp3) is 0.286. The Morgan fingerprint density at radius 2 is 2.32 bits per heavy atom. The number of hydrogen-bond donors (Lipinski definition) is 1. The van der Waals surface area contributed by atoms with E-state index in [4.69, 9.17) is 11.6 Å². The van der Waals surface area contributed by atoms with Gasteiger partial charge in [0, 0.05) is 36.1 Å². The Balaban J connectivity index is 1.83. The Kier molecular flexibility index (Phi) is 4.58. The van der Waals surface area contributed by atoms with Gasteiger partial charge in [-0.15, -0.1) is 0 Å². The fourth-order valence-electron chi connectivity index (χ4n) is 1.83. The predicted molar refractivity (Wildman–Crippen MR) is 75.4 cm³/mol. The summed E-state index contributed by atoms with van der Waals surface area (Å²) < 4.78 is 1.98.